The average Bonchev–Trinajstić information content (AvgIpc) is 3.17. The number of ether oxygens (including phenoxy) is 1. The van der Waals surface area contributed by atoms with E-state index in [0.717, 1.165) is 10.1 Å². The standard InChI is InChI=1S/C19H22N6O5/c1-20-18(28)22-14(26)11-25-17(27)15-16(21-12-23(15)8-9-30-2)24(19(25)29)10-13-6-4-3-5-7-13/h3-7,12H,8-11H2,1-2H3,(H2,20,22,26,28). The van der Waals surface area contributed by atoms with E-state index in [1.807, 2.05) is 30.3 Å². The molecule has 11 nitrogen and oxygen atoms in total. The van der Waals surface area contributed by atoms with Crippen molar-refractivity contribution in [3.05, 3.63) is 63.1 Å². The van der Waals surface area contributed by atoms with Crippen LogP contribution in [0.2, 0.25) is 0 Å². The molecule has 30 heavy (non-hydrogen) atoms. The van der Waals surface area contributed by atoms with Gasteiger partial charge in [0.05, 0.1) is 19.5 Å². The zero-order valence-electron chi connectivity index (χ0n) is 16.6. The number of amides is 3. The van der Waals surface area contributed by atoms with E-state index in [2.05, 4.69) is 15.6 Å². The molecule has 0 saturated heterocycles. The summed E-state index contributed by atoms with van der Waals surface area (Å²) in [5.41, 5.74) is -0.143. The van der Waals surface area contributed by atoms with E-state index in [4.69, 9.17) is 4.74 Å². The number of nitrogens with one attached hydrogen (secondary N) is 2. The first-order chi connectivity index (χ1) is 14.5. The molecule has 0 aliphatic heterocycles. The average molecular weight is 414 g/mol. The molecule has 0 radical (unpaired) electrons. The molecule has 0 fully saturated rings. The highest BCUT2D eigenvalue weighted by molar-refractivity contribution is 5.94. The first-order valence-corrected chi connectivity index (χ1v) is 9.19. The van der Waals surface area contributed by atoms with Crippen LogP contribution in [0.5, 0.6) is 0 Å². The first kappa shape index (κ1) is 21.0. The molecule has 1 aromatic carbocycles. The lowest BCUT2D eigenvalue weighted by atomic mass is 10.2. The van der Waals surface area contributed by atoms with E-state index in [0.29, 0.717) is 13.2 Å². The number of carbonyl (C=O) groups excluding carboxylic acids is 2. The Labute approximate surface area is 170 Å². The fourth-order valence-electron chi connectivity index (χ4n) is 3.02. The molecule has 0 aliphatic rings. The third-order valence-corrected chi connectivity index (χ3v) is 4.49. The minimum Gasteiger partial charge on any atom is -0.383 e. The molecule has 158 valence electrons. The fraction of sp³-hybridized carbons (Fsp3) is 0.316. The van der Waals surface area contributed by atoms with E-state index < -0.39 is 29.7 Å². The Morgan fingerprint density at radius 2 is 1.87 bits per heavy atom. The number of imide groups is 1. The van der Waals surface area contributed by atoms with Crippen LogP contribution in [0.25, 0.3) is 11.2 Å². The van der Waals surface area contributed by atoms with Gasteiger partial charge in [-0.05, 0) is 5.56 Å². The van der Waals surface area contributed by atoms with Gasteiger partial charge in [-0.3, -0.25) is 19.5 Å². The Kier molecular flexibility index (Phi) is 6.42. The Morgan fingerprint density at radius 3 is 2.53 bits per heavy atom. The molecule has 2 aromatic heterocycles. The Bertz CT molecular complexity index is 1180. The van der Waals surface area contributed by atoms with Crippen LogP contribution in [0.1, 0.15) is 5.56 Å². The van der Waals surface area contributed by atoms with Crippen molar-refractivity contribution in [1.29, 1.82) is 0 Å². The van der Waals surface area contributed by atoms with Gasteiger partial charge in [-0.2, -0.15) is 0 Å². The number of benzene rings is 1. The third-order valence-electron chi connectivity index (χ3n) is 4.49. The monoisotopic (exact) mass is 414 g/mol. The smallest absolute Gasteiger partial charge is 0.333 e. The number of urea groups is 1. The number of nitrogens with zero attached hydrogens (tertiary/aromatic N) is 4. The second-order valence-electron chi connectivity index (χ2n) is 6.48. The van der Waals surface area contributed by atoms with Gasteiger partial charge in [-0.1, -0.05) is 30.3 Å². The second kappa shape index (κ2) is 9.18. The molecule has 0 unspecified atom stereocenters. The van der Waals surface area contributed by atoms with Crippen molar-refractivity contribution in [2.24, 2.45) is 0 Å². The van der Waals surface area contributed by atoms with Crippen LogP contribution in [0.15, 0.2) is 46.2 Å². The molecule has 0 saturated carbocycles. The minimum atomic E-state index is -0.790. The predicted octanol–water partition coefficient (Wildman–Crippen LogP) is -0.490. The van der Waals surface area contributed by atoms with Gasteiger partial charge in [-0.15, -0.1) is 0 Å². The van der Waals surface area contributed by atoms with Crippen molar-refractivity contribution in [1.82, 2.24) is 29.3 Å². The van der Waals surface area contributed by atoms with Crippen molar-refractivity contribution < 1.29 is 14.3 Å². The number of imidazole rings is 1. The Balaban J connectivity index is 2.14. The Hall–Kier alpha value is -3.73. The highest BCUT2D eigenvalue weighted by atomic mass is 16.5. The summed E-state index contributed by atoms with van der Waals surface area (Å²) in [5, 5.41) is 4.30. The summed E-state index contributed by atoms with van der Waals surface area (Å²) in [6, 6.07) is 8.47. The number of methoxy groups -OCH3 is 1. The van der Waals surface area contributed by atoms with E-state index in [9.17, 15) is 19.2 Å². The van der Waals surface area contributed by atoms with Gasteiger partial charge in [0.25, 0.3) is 5.56 Å². The van der Waals surface area contributed by atoms with E-state index >= 15 is 0 Å². The van der Waals surface area contributed by atoms with Crippen molar-refractivity contribution in [3.8, 4) is 0 Å². The second-order valence-corrected chi connectivity index (χ2v) is 6.48. The normalized spacial score (nSPS) is 10.9. The maximum atomic E-state index is 13.1. The predicted molar refractivity (Wildman–Crippen MR) is 108 cm³/mol. The molecule has 3 rings (SSSR count). The van der Waals surface area contributed by atoms with Crippen molar-refractivity contribution >= 4 is 23.1 Å². The number of hydrogen-bond donors (Lipinski definition) is 2. The van der Waals surface area contributed by atoms with Gasteiger partial charge >= 0.3 is 11.7 Å². The lowest BCUT2D eigenvalue weighted by molar-refractivity contribution is -0.120. The highest BCUT2D eigenvalue weighted by Gasteiger charge is 2.20. The fourth-order valence-corrected chi connectivity index (χ4v) is 3.02. The summed E-state index contributed by atoms with van der Waals surface area (Å²) >= 11 is 0. The van der Waals surface area contributed by atoms with Crippen LogP contribution >= 0.6 is 0 Å². The van der Waals surface area contributed by atoms with Crippen LogP contribution in [0, 0.1) is 0 Å². The van der Waals surface area contributed by atoms with E-state index in [1.165, 1.54) is 25.1 Å². The van der Waals surface area contributed by atoms with Crippen molar-refractivity contribution in [3.63, 3.8) is 0 Å². The minimum absolute atomic E-state index is 0.162. The zero-order chi connectivity index (χ0) is 21.7. The quantitative estimate of drug-likeness (QED) is 0.537. The van der Waals surface area contributed by atoms with Crippen molar-refractivity contribution in [2.75, 3.05) is 20.8 Å². The van der Waals surface area contributed by atoms with Gasteiger partial charge in [0.1, 0.15) is 6.54 Å². The van der Waals surface area contributed by atoms with E-state index in [1.54, 1.807) is 4.57 Å². The SMILES string of the molecule is CNC(=O)NC(=O)Cn1c(=O)c2c(ncn2CCOC)n(Cc2ccccc2)c1=O. The summed E-state index contributed by atoms with van der Waals surface area (Å²) in [5.74, 6) is -0.790. The zero-order valence-corrected chi connectivity index (χ0v) is 16.6. The van der Waals surface area contributed by atoms with Crippen LogP contribution < -0.4 is 21.9 Å². The molecule has 0 atom stereocenters. The lowest BCUT2D eigenvalue weighted by Crippen LogP contribution is -2.46. The third kappa shape index (κ3) is 4.30. The molecule has 2 N–H and O–H groups in total. The molecule has 3 amide bonds. The molecule has 2 heterocycles. The Morgan fingerprint density at radius 1 is 1.13 bits per heavy atom. The topological polar surface area (TPSA) is 129 Å². The summed E-state index contributed by atoms with van der Waals surface area (Å²) in [6.07, 6.45) is 1.46. The van der Waals surface area contributed by atoms with Crippen LogP contribution in [-0.2, 0) is 29.2 Å². The van der Waals surface area contributed by atoms with Gasteiger partial charge < -0.3 is 14.6 Å². The van der Waals surface area contributed by atoms with Gasteiger partial charge in [0.15, 0.2) is 11.2 Å². The van der Waals surface area contributed by atoms with Crippen LogP contribution in [0.3, 0.4) is 0 Å². The maximum Gasteiger partial charge on any atom is 0.333 e. The molecule has 0 spiro atoms. The van der Waals surface area contributed by atoms with Crippen molar-refractivity contribution in [2.45, 2.75) is 19.6 Å². The molecular formula is C19H22N6O5. The summed E-state index contributed by atoms with van der Waals surface area (Å²) in [6.45, 7) is 0.232. The first-order valence-electron chi connectivity index (χ1n) is 9.19. The number of rotatable bonds is 7. The number of aromatic nitrogens is 4. The number of carbonyl (C=O) groups is 2. The molecular weight excluding hydrogens is 392 g/mol. The summed E-state index contributed by atoms with van der Waals surface area (Å²) < 4.78 is 8.78. The number of fused-ring (bicyclic) bond motifs is 1. The largest absolute Gasteiger partial charge is 0.383 e. The maximum absolute atomic E-state index is 13.1. The van der Waals surface area contributed by atoms with Crippen LogP contribution in [0.4, 0.5) is 4.79 Å². The molecule has 0 bridgehead atoms. The highest BCUT2D eigenvalue weighted by Crippen LogP contribution is 2.09. The van der Waals surface area contributed by atoms with E-state index in [-0.39, 0.29) is 17.7 Å². The summed E-state index contributed by atoms with van der Waals surface area (Å²) in [7, 11) is 2.88. The van der Waals surface area contributed by atoms with Gasteiger partial charge in [0, 0.05) is 20.7 Å². The van der Waals surface area contributed by atoms with Gasteiger partial charge in [0.2, 0.25) is 5.91 Å². The molecule has 0 aliphatic carbocycles. The summed E-state index contributed by atoms with van der Waals surface area (Å²) in [4.78, 5) is 54.0. The number of hydrogen-bond acceptors (Lipinski definition) is 6. The van der Waals surface area contributed by atoms with Gasteiger partial charge in [-0.25, -0.2) is 19.1 Å². The molecule has 3 aromatic rings. The lowest BCUT2D eigenvalue weighted by Gasteiger charge is -2.12. The molecule has 11 heteroatoms. The van der Waals surface area contributed by atoms with Crippen LogP contribution in [-0.4, -0.2) is 51.4 Å².